The van der Waals surface area contributed by atoms with Crippen LogP contribution in [0.25, 0.3) is 17.0 Å². The van der Waals surface area contributed by atoms with Gasteiger partial charge in [-0.2, -0.15) is 0 Å². The summed E-state index contributed by atoms with van der Waals surface area (Å²) in [5.41, 5.74) is 2.42. The maximum absolute atomic E-state index is 12.6. The fourth-order valence-corrected chi connectivity index (χ4v) is 3.73. The zero-order chi connectivity index (χ0) is 18.3. The summed E-state index contributed by atoms with van der Waals surface area (Å²) in [4.78, 5) is 15.5. The molecule has 2 heterocycles. The molecule has 0 fully saturated rings. The monoisotopic (exact) mass is 351 g/mol. The third kappa shape index (κ3) is 2.40. The molecule has 27 heavy (non-hydrogen) atoms. The lowest BCUT2D eigenvalue weighted by atomic mass is 9.83. The second-order valence-corrected chi connectivity index (χ2v) is 6.65. The Morgan fingerprint density at radius 1 is 0.741 bits per heavy atom. The Morgan fingerprint density at radius 3 is 2.00 bits per heavy atom. The van der Waals surface area contributed by atoms with E-state index in [4.69, 9.17) is 4.74 Å². The summed E-state index contributed by atoms with van der Waals surface area (Å²) >= 11 is 0. The topological polar surface area (TPSA) is 42.1 Å². The highest BCUT2D eigenvalue weighted by atomic mass is 16.5. The van der Waals surface area contributed by atoms with Crippen LogP contribution in [0.2, 0.25) is 0 Å². The number of pyridine rings is 1. The van der Waals surface area contributed by atoms with E-state index in [1.807, 2.05) is 72.8 Å². The maximum atomic E-state index is 12.6. The first-order valence-electron chi connectivity index (χ1n) is 8.92. The number of hydrogen-bond acceptors (Lipinski definition) is 2. The van der Waals surface area contributed by atoms with Crippen LogP contribution < -0.4 is 10.3 Å². The van der Waals surface area contributed by atoms with Crippen molar-refractivity contribution in [3.05, 3.63) is 118 Å². The summed E-state index contributed by atoms with van der Waals surface area (Å²) in [6.07, 6.45) is 3.86. The molecular formula is C24H17NO2. The lowest BCUT2D eigenvalue weighted by Gasteiger charge is -2.36. The van der Waals surface area contributed by atoms with Crippen LogP contribution in [0.3, 0.4) is 0 Å². The Labute approximate surface area is 156 Å². The molecule has 130 valence electrons. The Morgan fingerprint density at radius 2 is 1.33 bits per heavy atom. The number of fused-ring (bicyclic) bond motifs is 3. The first-order valence-corrected chi connectivity index (χ1v) is 8.92. The minimum atomic E-state index is -0.786. The first kappa shape index (κ1) is 15.6. The average molecular weight is 351 g/mol. The van der Waals surface area contributed by atoms with E-state index in [1.54, 1.807) is 0 Å². The van der Waals surface area contributed by atoms with Crippen LogP contribution in [0.15, 0.2) is 95.8 Å². The molecule has 0 aliphatic carbocycles. The molecule has 1 aliphatic rings. The van der Waals surface area contributed by atoms with Crippen LogP contribution in [0.1, 0.15) is 16.7 Å². The van der Waals surface area contributed by atoms with Crippen molar-refractivity contribution in [3.63, 3.8) is 0 Å². The van der Waals surface area contributed by atoms with Crippen molar-refractivity contribution in [2.75, 3.05) is 0 Å². The lowest BCUT2D eigenvalue weighted by Crippen LogP contribution is -2.35. The van der Waals surface area contributed by atoms with E-state index < -0.39 is 5.60 Å². The van der Waals surface area contributed by atoms with Gasteiger partial charge in [-0.15, -0.1) is 0 Å². The third-order valence-corrected chi connectivity index (χ3v) is 5.06. The summed E-state index contributed by atoms with van der Waals surface area (Å²) in [5, 5.41) is 0.896. The molecule has 0 amide bonds. The van der Waals surface area contributed by atoms with Crippen molar-refractivity contribution in [2.45, 2.75) is 5.60 Å². The summed E-state index contributed by atoms with van der Waals surface area (Å²) in [6.45, 7) is 0. The fraction of sp³-hybridized carbons (Fsp3) is 0.0417. The van der Waals surface area contributed by atoms with E-state index in [-0.39, 0.29) is 5.56 Å². The van der Waals surface area contributed by atoms with Gasteiger partial charge in [0.15, 0.2) is 5.60 Å². The molecule has 4 aromatic rings. The standard InChI is InChI=1S/C24H17NO2/c26-23-20-15-16-24(17-9-3-1-4-10-17,18-11-5-2-6-12-18)27-22(20)19-13-7-8-14-21(19)25-23/h1-16H,(H,25,26). The molecule has 0 spiro atoms. The number of aromatic amines is 1. The Kier molecular flexibility index (Phi) is 3.47. The van der Waals surface area contributed by atoms with E-state index in [0.29, 0.717) is 11.3 Å². The Balaban J connectivity index is 1.82. The van der Waals surface area contributed by atoms with Crippen LogP contribution in [0.5, 0.6) is 5.75 Å². The highest BCUT2D eigenvalue weighted by Gasteiger charge is 2.38. The highest BCUT2D eigenvalue weighted by molar-refractivity contribution is 5.89. The maximum Gasteiger partial charge on any atom is 0.259 e. The minimum Gasteiger partial charge on any atom is -0.472 e. The number of para-hydroxylation sites is 1. The van der Waals surface area contributed by atoms with Crippen molar-refractivity contribution >= 4 is 17.0 Å². The number of hydrogen-bond donors (Lipinski definition) is 1. The highest BCUT2D eigenvalue weighted by Crippen LogP contribution is 2.43. The molecule has 0 saturated carbocycles. The Hall–Kier alpha value is -3.59. The molecular weight excluding hydrogens is 334 g/mol. The Bertz CT molecular complexity index is 1170. The van der Waals surface area contributed by atoms with E-state index in [1.165, 1.54) is 0 Å². The zero-order valence-electron chi connectivity index (χ0n) is 14.6. The van der Waals surface area contributed by atoms with Gasteiger partial charge in [-0.3, -0.25) is 4.79 Å². The van der Waals surface area contributed by atoms with Gasteiger partial charge in [0.1, 0.15) is 5.75 Å². The van der Waals surface area contributed by atoms with Gasteiger partial charge in [0, 0.05) is 16.5 Å². The second-order valence-electron chi connectivity index (χ2n) is 6.65. The van der Waals surface area contributed by atoms with Gasteiger partial charge in [0.25, 0.3) is 5.56 Å². The van der Waals surface area contributed by atoms with Crippen molar-refractivity contribution in [1.29, 1.82) is 0 Å². The number of ether oxygens (including phenoxy) is 1. The lowest BCUT2D eigenvalue weighted by molar-refractivity contribution is 0.163. The molecule has 0 atom stereocenters. The molecule has 3 nitrogen and oxygen atoms in total. The SMILES string of the molecule is O=c1[nH]c2ccccc2c2c1C=CC(c1ccccc1)(c1ccccc1)O2. The molecule has 3 heteroatoms. The van der Waals surface area contributed by atoms with E-state index in [9.17, 15) is 4.79 Å². The zero-order valence-corrected chi connectivity index (χ0v) is 14.6. The second kappa shape index (κ2) is 5.99. The summed E-state index contributed by atoms with van der Waals surface area (Å²) in [5.74, 6) is 0.615. The summed E-state index contributed by atoms with van der Waals surface area (Å²) in [7, 11) is 0. The number of H-pyrrole nitrogens is 1. The van der Waals surface area contributed by atoms with E-state index in [0.717, 1.165) is 22.0 Å². The van der Waals surface area contributed by atoms with Crippen molar-refractivity contribution in [3.8, 4) is 5.75 Å². The van der Waals surface area contributed by atoms with Crippen LogP contribution in [-0.4, -0.2) is 4.98 Å². The quantitative estimate of drug-likeness (QED) is 0.559. The molecule has 1 N–H and O–H groups in total. The predicted octanol–water partition coefficient (Wildman–Crippen LogP) is 4.88. The molecule has 0 bridgehead atoms. The van der Waals surface area contributed by atoms with Gasteiger partial charge >= 0.3 is 0 Å². The van der Waals surface area contributed by atoms with Crippen LogP contribution >= 0.6 is 0 Å². The molecule has 3 aromatic carbocycles. The van der Waals surface area contributed by atoms with Gasteiger partial charge in [0.05, 0.1) is 11.1 Å². The van der Waals surface area contributed by atoms with E-state index >= 15 is 0 Å². The first-order chi connectivity index (χ1) is 13.3. The van der Waals surface area contributed by atoms with Gasteiger partial charge in [-0.25, -0.2) is 0 Å². The van der Waals surface area contributed by atoms with Gasteiger partial charge in [-0.05, 0) is 24.3 Å². The largest absolute Gasteiger partial charge is 0.472 e. The molecule has 1 aromatic heterocycles. The van der Waals surface area contributed by atoms with Crippen molar-refractivity contribution in [1.82, 2.24) is 4.98 Å². The van der Waals surface area contributed by atoms with Gasteiger partial charge < -0.3 is 9.72 Å². The van der Waals surface area contributed by atoms with Gasteiger partial charge in [-0.1, -0.05) is 72.8 Å². The number of rotatable bonds is 2. The number of aromatic nitrogens is 1. The number of nitrogens with one attached hydrogen (secondary N) is 1. The van der Waals surface area contributed by atoms with Crippen LogP contribution in [-0.2, 0) is 5.60 Å². The predicted molar refractivity (Wildman–Crippen MR) is 108 cm³/mol. The third-order valence-electron chi connectivity index (χ3n) is 5.06. The minimum absolute atomic E-state index is 0.144. The molecule has 0 unspecified atom stereocenters. The van der Waals surface area contributed by atoms with Crippen molar-refractivity contribution < 1.29 is 4.74 Å². The smallest absolute Gasteiger partial charge is 0.259 e. The van der Waals surface area contributed by atoms with Crippen molar-refractivity contribution in [2.24, 2.45) is 0 Å². The fourth-order valence-electron chi connectivity index (χ4n) is 3.73. The van der Waals surface area contributed by atoms with Gasteiger partial charge in [0.2, 0.25) is 0 Å². The summed E-state index contributed by atoms with van der Waals surface area (Å²) in [6, 6.07) is 27.9. The molecule has 5 rings (SSSR count). The molecule has 0 saturated heterocycles. The van der Waals surface area contributed by atoms with Crippen LogP contribution in [0, 0.1) is 0 Å². The normalized spacial score (nSPS) is 14.5. The number of benzene rings is 3. The molecule has 0 radical (unpaired) electrons. The van der Waals surface area contributed by atoms with Crippen LogP contribution in [0.4, 0.5) is 0 Å². The van der Waals surface area contributed by atoms with E-state index in [2.05, 4.69) is 29.2 Å². The summed E-state index contributed by atoms with van der Waals surface area (Å²) < 4.78 is 6.68. The average Bonchev–Trinajstić information content (AvgIpc) is 2.75. The molecule has 1 aliphatic heterocycles.